The molecular weight excluding hydrogens is 356 g/mol. The molecule has 0 saturated heterocycles. The predicted octanol–water partition coefficient (Wildman–Crippen LogP) is 4.08. The molecule has 4 rings (SSSR count). The van der Waals surface area contributed by atoms with Crippen LogP contribution in [0.1, 0.15) is 37.5 Å². The van der Waals surface area contributed by atoms with Crippen LogP contribution >= 0.6 is 11.3 Å². The van der Waals surface area contributed by atoms with Gasteiger partial charge in [0.25, 0.3) is 0 Å². The third-order valence-corrected chi connectivity index (χ3v) is 6.05. The summed E-state index contributed by atoms with van der Waals surface area (Å²) in [6, 6.07) is 9.92. The van der Waals surface area contributed by atoms with Crippen LogP contribution in [-0.2, 0) is 4.79 Å². The van der Waals surface area contributed by atoms with Crippen LogP contribution in [0.2, 0.25) is 0 Å². The lowest BCUT2D eigenvalue weighted by Gasteiger charge is -2.43. The average molecular weight is 376 g/mol. The third kappa shape index (κ3) is 2.84. The lowest BCUT2D eigenvalue weighted by molar-refractivity contribution is -0.118. The van der Waals surface area contributed by atoms with E-state index in [-0.39, 0.29) is 17.1 Å². The molecule has 2 aromatic heterocycles. The van der Waals surface area contributed by atoms with Crippen molar-refractivity contribution in [1.82, 2.24) is 4.98 Å². The van der Waals surface area contributed by atoms with Crippen molar-refractivity contribution in [3.05, 3.63) is 69.6 Å². The number of carbonyl (C=O) groups is 1. The Bertz CT molecular complexity index is 997. The summed E-state index contributed by atoms with van der Waals surface area (Å²) >= 11 is 1.55. The van der Waals surface area contributed by atoms with Crippen molar-refractivity contribution in [3.63, 3.8) is 0 Å². The molecule has 2 aromatic rings. The van der Waals surface area contributed by atoms with Crippen molar-refractivity contribution in [2.45, 2.75) is 32.6 Å². The summed E-state index contributed by atoms with van der Waals surface area (Å²) in [4.78, 5) is 20.2. The summed E-state index contributed by atoms with van der Waals surface area (Å²) in [5, 5.41) is 11.9. The topological polar surface area (TPSA) is 83.0 Å². The largest absolute Gasteiger partial charge is 0.384 e. The zero-order valence-corrected chi connectivity index (χ0v) is 16.1. The van der Waals surface area contributed by atoms with E-state index in [0.29, 0.717) is 29.8 Å². The highest BCUT2D eigenvalue weighted by Gasteiger charge is 2.44. The zero-order chi connectivity index (χ0) is 19.2. The number of hydrogen-bond acceptors (Lipinski definition) is 6. The minimum Gasteiger partial charge on any atom is -0.384 e. The van der Waals surface area contributed by atoms with Gasteiger partial charge in [0.2, 0.25) is 0 Å². The van der Waals surface area contributed by atoms with E-state index in [2.05, 4.69) is 24.9 Å². The highest BCUT2D eigenvalue weighted by Crippen LogP contribution is 2.50. The van der Waals surface area contributed by atoms with Gasteiger partial charge in [-0.25, -0.2) is 0 Å². The molecule has 1 atom stereocenters. The SMILES string of the molecule is CC1(C)CC(=O)C2=C(C1)N(c1cccnc1)C(N)=C(C#N)[C@H]2c1cccs1. The molecule has 136 valence electrons. The quantitative estimate of drug-likeness (QED) is 0.854. The van der Waals surface area contributed by atoms with Crippen LogP contribution in [0, 0.1) is 16.7 Å². The Morgan fingerprint density at radius 1 is 1.33 bits per heavy atom. The highest BCUT2D eigenvalue weighted by molar-refractivity contribution is 7.10. The van der Waals surface area contributed by atoms with Crippen LogP contribution in [0.15, 0.2) is 64.7 Å². The van der Waals surface area contributed by atoms with Crippen LogP contribution < -0.4 is 10.6 Å². The first-order chi connectivity index (χ1) is 12.9. The Morgan fingerprint density at radius 3 is 2.78 bits per heavy atom. The summed E-state index contributed by atoms with van der Waals surface area (Å²) in [5.41, 5.74) is 9.13. The van der Waals surface area contributed by atoms with Gasteiger partial charge in [-0.1, -0.05) is 19.9 Å². The molecule has 1 aliphatic heterocycles. The Kier molecular flexibility index (Phi) is 4.12. The van der Waals surface area contributed by atoms with Gasteiger partial charge in [0, 0.05) is 28.8 Å². The van der Waals surface area contributed by atoms with Crippen molar-refractivity contribution >= 4 is 22.8 Å². The maximum absolute atomic E-state index is 13.2. The molecule has 0 saturated carbocycles. The second-order valence-corrected chi connectivity index (χ2v) is 8.69. The first-order valence-electron chi connectivity index (χ1n) is 8.82. The van der Waals surface area contributed by atoms with E-state index < -0.39 is 0 Å². The minimum atomic E-state index is -0.387. The molecule has 0 radical (unpaired) electrons. The third-order valence-electron chi connectivity index (χ3n) is 5.11. The van der Waals surface area contributed by atoms with Gasteiger partial charge in [-0.2, -0.15) is 5.26 Å². The molecule has 5 nitrogen and oxygen atoms in total. The number of anilines is 1. The van der Waals surface area contributed by atoms with E-state index in [1.54, 1.807) is 23.7 Å². The maximum atomic E-state index is 13.2. The molecule has 0 unspecified atom stereocenters. The molecule has 0 aromatic carbocycles. The number of allylic oxidation sites excluding steroid dienone is 3. The first kappa shape index (κ1) is 17.5. The number of pyridine rings is 1. The maximum Gasteiger partial charge on any atom is 0.162 e. The molecule has 0 amide bonds. The predicted molar refractivity (Wildman–Crippen MR) is 106 cm³/mol. The molecule has 3 heterocycles. The summed E-state index contributed by atoms with van der Waals surface area (Å²) in [6.07, 6.45) is 4.58. The normalized spacial score (nSPS) is 21.9. The van der Waals surface area contributed by atoms with Gasteiger partial charge in [0.1, 0.15) is 5.82 Å². The Morgan fingerprint density at radius 2 is 2.15 bits per heavy atom. The Balaban J connectivity index is 2.00. The number of nitrogens with two attached hydrogens (primary N) is 1. The number of carbonyl (C=O) groups excluding carboxylic acids is 1. The first-order valence-corrected chi connectivity index (χ1v) is 9.70. The second kappa shape index (κ2) is 6.36. The lowest BCUT2D eigenvalue weighted by atomic mass is 9.69. The smallest absolute Gasteiger partial charge is 0.162 e. The fraction of sp³-hybridized carbons (Fsp3) is 0.286. The summed E-state index contributed by atoms with van der Waals surface area (Å²) in [7, 11) is 0. The van der Waals surface area contributed by atoms with E-state index in [9.17, 15) is 10.1 Å². The monoisotopic (exact) mass is 376 g/mol. The Hall–Kier alpha value is -2.91. The van der Waals surface area contributed by atoms with Gasteiger partial charge in [-0.3, -0.25) is 14.7 Å². The fourth-order valence-electron chi connectivity index (χ4n) is 4.03. The summed E-state index contributed by atoms with van der Waals surface area (Å²) in [6.45, 7) is 4.19. The van der Waals surface area contributed by atoms with E-state index in [0.717, 1.165) is 16.3 Å². The van der Waals surface area contributed by atoms with Gasteiger partial charge in [-0.05, 0) is 35.4 Å². The molecule has 0 spiro atoms. The number of hydrogen-bond donors (Lipinski definition) is 1. The number of nitrogens with zero attached hydrogens (tertiary/aromatic N) is 3. The van der Waals surface area contributed by atoms with Gasteiger partial charge >= 0.3 is 0 Å². The van der Waals surface area contributed by atoms with Crippen LogP contribution in [0.4, 0.5) is 5.69 Å². The number of nitriles is 1. The minimum absolute atomic E-state index is 0.0915. The number of Topliss-reactive ketones (excluding diaryl/α,β-unsaturated/α-hetero) is 1. The number of rotatable bonds is 2. The van der Waals surface area contributed by atoms with Crippen LogP contribution in [0.25, 0.3) is 0 Å². The Labute approximate surface area is 162 Å². The van der Waals surface area contributed by atoms with Gasteiger partial charge in [0.05, 0.1) is 29.4 Å². The van der Waals surface area contributed by atoms with Crippen molar-refractivity contribution in [3.8, 4) is 6.07 Å². The summed E-state index contributed by atoms with van der Waals surface area (Å²) < 4.78 is 0. The molecule has 2 aliphatic rings. The second-order valence-electron chi connectivity index (χ2n) is 7.71. The molecule has 2 N–H and O–H groups in total. The van der Waals surface area contributed by atoms with Gasteiger partial charge in [0.15, 0.2) is 5.78 Å². The van der Waals surface area contributed by atoms with Crippen LogP contribution in [0.3, 0.4) is 0 Å². The van der Waals surface area contributed by atoms with Crippen LogP contribution in [-0.4, -0.2) is 10.8 Å². The van der Waals surface area contributed by atoms with E-state index >= 15 is 0 Å². The van der Waals surface area contributed by atoms with Gasteiger partial charge in [-0.15, -0.1) is 11.3 Å². The van der Waals surface area contributed by atoms with Crippen molar-refractivity contribution < 1.29 is 4.79 Å². The number of thiophene rings is 1. The average Bonchev–Trinajstić information content (AvgIpc) is 3.14. The number of ketones is 1. The standard InChI is InChI=1S/C21H20N4OS/c1-21(2)9-15-19(16(26)10-21)18(17-6-4-8-27-17)14(11-22)20(23)25(15)13-5-3-7-24-12-13/h3-8,12,18H,9-10,23H2,1-2H3/t18-/m0/s1. The molecular formula is C21H20N4OS. The van der Waals surface area contributed by atoms with Crippen LogP contribution in [0.5, 0.6) is 0 Å². The fourth-order valence-corrected chi connectivity index (χ4v) is 4.87. The number of aromatic nitrogens is 1. The van der Waals surface area contributed by atoms with Crippen molar-refractivity contribution in [2.75, 3.05) is 4.90 Å². The van der Waals surface area contributed by atoms with E-state index in [1.165, 1.54) is 0 Å². The molecule has 1 aliphatic carbocycles. The molecule has 0 fully saturated rings. The van der Waals surface area contributed by atoms with E-state index in [4.69, 9.17) is 5.73 Å². The molecule has 6 heteroatoms. The lowest BCUT2D eigenvalue weighted by Crippen LogP contribution is -2.42. The van der Waals surface area contributed by atoms with Crippen molar-refractivity contribution in [2.24, 2.45) is 11.1 Å². The highest BCUT2D eigenvalue weighted by atomic mass is 32.1. The molecule has 0 bridgehead atoms. The van der Waals surface area contributed by atoms with Crippen molar-refractivity contribution in [1.29, 1.82) is 5.26 Å². The molecule has 27 heavy (non-hydrogen) atoms. The zero-order valence-electron chi connectivity index (χ0n) is 15.3. The van der Waals surface area contributed by atoms with E-state index in [1.807, 2.05) is 34.5 Å². The van der Waals surface area contributed by atoms with Gasteiger partial charge < -0.3 is 5.73 Å². The summed E-state index contributed by atoms with van der Waals surface area (Å²) in [5.74, 6) is 0.0865.